The van der Waals surface area contributed by atoms with Crippen molar-refractivity contribution in [3.05, 3.63) is 29.8 Å². The van der Waals surface area contributed by atoms with Gasteiger partial charge in [-0.05, 0) is 25.1 Å². The minimum absolute atomic E-state index is 0.0563. The molecule has 98 valence electrons. The van der Waals surface area contributed by atoms with Crippen LogP contribution in [0.2, 0.25) is 0 Å². The second-order valence-electron chi connectivity index (χ2n) is 4.75. The number of para-hydroxylation sites is 1. The van der Waals surface area contributed by atoms with Crippen LogP contribution in [0.4, 0.5) is 0 Å². The van der Waals surface area contributed by atoms with Crippen molar-refractivity contribution in [3.8, 4) is 5.75 Å². The third-order valence-electron chi connectivity index (χ3n) is 3.41. The van der Waals surface area contributed by atoms with E-state index in [9.17, 15) is 4.79 Å². The summed E-state index contributed by atoms with van der Waals surface area (Å²) in [5.74, 6) is 0.162. The maximum atomic E-state index is 11.1. The van der Waals surface area contributed by atoms with Gasteiger partial charge in [-0.2, -0.15) is 0 Å². The van der Waals surface area contributed by atoms with Crippen LogP contribution in [-0.4, -0.2) is 41.7 Å². The largest absolute Gasteiger partial charge is 0.488 e. The van der Waals surface area contributed by atoms with Crippen LogP contribution in [0.25, 0.3) is 0 Å². The number of hydrogen-bond acceptors (Lipinski definition) is 3. The highest BCUT2D eigenvalue weighted by Gasteiger charge is 2.27. The molecule has 1 aliphatic rings. The molecule has 1 aromatic carbocycles. The van der Waals surface area contributed by atoms with Crippen molar-refractivity contribution in [2.24, 2.45) is 0 Å². The minimum Gasteiger partial charge on any atom is -0.488 e. The Morgan fingerprint density at radius 3 is 2.89 bits per heavy atom. The molecular weight excluding hydrogens is 230 g/mol. The van der Waals surface area contributed by atoms with E-state index in [0.717, 1.165) is 12.2 Å². The van der Waals surface area contributed by atoms with Crippen LogP contribution < -0.4 is 4.74 Å². The zero-order valence-corrected chi connectivity index (χ0v) is 10.8. The summed E-state index contributed by atoms with van der Waals surface area (Å²) in [5, 5.41) is 9.11. The molecule has 0 bridgehead atoms. The van der Waals surface area contributed by atoms with Crippen molar-refractivity contribution >= 4 is 5.97 Å². The Bertz CT molecular complexity index is 408. The normalized spacial score (nSPS) is 19.4. The van der Waals surface area contributed by atoms with Crippen LogP contribution in [-0.2, 0) is 11.2 Å². The van der Waals surface area contributed by atoms with Crippen LogP contribution in [0, 0.1) is 0 Å². The summed E-state index contributed by atoms with van der Waals surface area (Å²) < 4.78 is 5.82. The molecule has 4 nitrogen and oxygen atoms in total. The number of carboxylic acid groups (broad SMARTS) is 1. The topological polar surface area (TPSA) is 49.8 Å². The predicted octanol–water partition coefficient (Wildman–Crippen LogP) is 1.79. The van der Waals surface area contributed by atoms with Crippen LogP contribution >= 0.6 is 0 Å². The van der Waals surface area contributed by atoms with E-state index in [1.54, 1.807) is 0 Å². The van der Waals surface area contributed by atoms with Crippen molar-refractivity contribution in [2.45, 2.75) is 31.9 Å². The molecule has 0 saturated carbocycles. The highest BCUT2D eigenvalue weighted by Crippen LogP contribution is 2.28. The maximum Gasteiger partial charge on any atom is 0.320 e. The molecule has 1 aromatic rings. The summed E-state index contributed by atoms with van der Waals surface area (Å²) in [7, 11) is 1.84. The number of nitrogens with zero attached hydrogens (tertiary/aromatic N) is 1. The second kappa shape index (κ2) is 5.40. The smallest absolute Gasteiger partial charge is 0.320 e. The summed E-state index contributed by atoms with van der Waals surface area (Å²) in [5.41, 5.74) is 1.21. The van der Waals surface area contributed by atoms with Gasteiger partial charge in [-0.25, -0.2) is 0 Å². The lowest BCUT2D eigenvalue weighted by molar-refractivity contribution is -0.143. The quantitative estimate of drug-likeness (QED) is 0.864. The highest BCUT2D eigenvalue weighted by molar-refractivity contribution is 5.73. The van der Waals surface area contributed by atoms with Gasteiger partial charge in [0, 0.05) is 13.0 Å². The van der Waals surface area contributed by atoms with E-state index in [4.69, 9.17) is 9.84 Å². The molecule has 0 radical (unpaired) electrons. The monoisotopic (exact) mass is 249 g/mol. The Hall–Kier alpha value is -1.55. The summed E-state index contributed by atoms with van der Waals surface area (Å²) >= 11 is 0. The minimum atomic E-state index is -0.768. The Kier molecular flexibility index (Phi) is 3.87. The molecule has 1 aliphatic heterocycles. The Balaban J connectivity index is 1.95. The number of fused-ring (bicyclic) bond motifs is 1. The number of likely N-dealkylation sites (N-methyl/N-ethyl adjacent to an activating group) is 1. The fourth-order valence-electron chi connectivity index (χ4n) is 2.48. The molecule has 2 atom stereocenters. The summed E-state index contributed by atoms with van der Waals surface area (Å²) in [6.45, 7) is 2.53. The Morgan fingerprint density at radius 1 is 1.56 bits per heavy atom. The molecule has 4 heteroatoms. The third-order valence-corrected chi connectivity index (χ3v) is 3.41. The standard InChI is InChI=1S/C14H19NO3/c1-3-12(14(16)17)15(2)9-11-8-10-6-4-5-7-13(10)18-11/h4-7,11-12H,3,8-9H2,1-2H3,(H,16,17). The Labute approximate surface area is 107 Å². The lowest BCUT2D eigenvalue weighted by atomic mass is 10.1. The van der Waals surface area contributed by atoms with Gasteiger partial charge < -0.3 is 9.84 Å². The van der Waals surface area contributed by atoms with Gasteiger partial charge in [0.05, 0.1) is 0 Å². The average molecular weight is 249 g/mol. The summed E-state index contributed by atoms with van der Waals surface area (Å²) in [6.07, 6.45) is 1.52. The lowest BCUT2D eigenvalue weighted by Gasteiger charge is -2.25. The number of ether oxygens (including phenoxy) is 1. The van der Waals surface area contributed by atoms with Gasteiger partial charge in [0.25, 0.3) is 0 Å². The SMILES string of the molecule is CCC(C(=O)O)N(C)CC1Cc2ccccc2O1. The number of benzene rings is 1. The van der Waals surface area contributed by atoms with E-state index in [-0.39, 0.29) is 6.10 Å². The summed E-state index contributed by atoms with van der Waals surface area (Å²) in [4.78, 5) is 12.9. The molecule has 1 N–H and O–H groups in total. The molecule has 0 aliphatic carbocycles. The van der Waals surface area contributed by atoms with E-state index in [1.165, 1.54) is 5.56 Å². The van der Waals surface area contributed by atoms with E-state index in [1.807, 2.05) is 37.1 Å². The van der Waals surface area contributed by atoms with Gasteiger partial charge in [0.15, 0.2) is 0 Å². The third kappa shape index (κ3) is 2.64. The number of carbonyl (C=O) groups is 1. The molecule has 0 amide bonds. The first-order chi connectivity index (χ1) is 8.61. The van der Waals surface area contributed by atoms with Gasteiger partial charge in [-0.1, -0.05) is 25.1 Å². The lowest BCUT2D eigenvalue weighted by Crippen LogP contribution is -2.43. The molecular formula is C14H19NO3. The van der Waals surface area contributed by atoms with Gasteiger partial charge in [0.2, 0.25) is 0 Å². The van der Waals surface area contributed by atoms with Crippen LogP contribution in [0.1, 0.15) is 18.9 Å². The zero-order chi connectivity index (χ0) is 13.1. The number of rotatable bonds is 5. The van der Waals surface area contributed by atoms with E-state index in [2.05, 4.69) is 6.07 Å². The van der Waals surface area contributed by atoms with E-state index in [0.29, 0.717) is 13.0 Å². The van der Waals surface area contributed by atoms with Gasteiger partial charge in [-0.15, -0.1) is 0 Å². The molecule has 2 rings (SSSR count). The molecule has 18 heavy (non-hydrogen) atoms. The van der Waals surface area contributed by atoms with Crippen LogP contribution in [0.15, 0.2) is 24.3 Å². The van der Waals surface area contributed by atoms with Crippen molar-refractivity contribution < 1.29 is 14.6 Å². The Morgan fingerprint density at radius 2 is 2.28 bits per heavy atom. The fraction of sp³-hybridized carbons (Fsp3) is 0.500. The first-order valence-electron chi connectivity index (χ1n) is 6.29. The van der Waals surface area contributed by atoms with Crippen molar-refractivity contribution in [2.75, 3.05) is 13.6 Å². The van der Waals surface area contributed by atoms with E-state index >= 15 is 0 Å². The van der Waals surface area contributed by atoms with Crippen LogP contribution in [0.3, 0.4) is 0 Å². The van der Waals surface area contributed by atoms with Gasteiger partial charge >= 0.3 is 5.97 Å². The first kappa shape index (κ1) is 12.9. The number of hydrogen-bond donors (Lipinski definition) is 1. The summed E-state index contributed by atoms with van der Waals surface area (Å²) in [6, 6.07) is 7.54. The van der Waals surface area contributed by atoms with Crippen LogP contribution in [0.5, 0.6) is 5.75 Å². The number of aliphatic carboxylic acids is 1. The predicted molar refractivity (Wildman–Crippen MR) is 68.9 cm³/mol. The molecule has 1 heterocycles. The molecule has 0 spiro atoms. The average Bonchev–Trinajstić information content (AvgIpc) is 2.71. The van der Waals surface area contributed by atoms with Crippen molar-refractivity contribution in [1.29, 1.82) is 0 Å². The van der Waals surface area contributed by atoms with Gasteiger partial charge in [-0.3, -0.25) is 9.69 Å². The maximum absolute atomic E-state index is 11.1. The molecule has 0 saturated heterocycles. The van der Waals surface area contributed by atoms with E-state index < -0.39 is 12.0 Å². The van der Waals surface area contributed by atoms with Crippen molar-refractivity contribution in [1.82, 2.24) is 4.90 Å². The van der Waals surface area contributed by atoms with Gasteiger partial charge in [0.1, 0.15) is 17.9 Å². The molecule has 0 fully saturated rings. The number of carboxylic acids is 1. The first-order valence-corrected chi connectivity index (χ1v) is 6.29. The molecule has 0 aromatic heterocycles. The second-order valence-corrected chi connectivity index (χ2v) is 4.75. The zero-order valence-electron chi connectivity index (χ0n) is 10.8. The highest BCUT2D eigenvalue weighted by atomic mass is 16.5. The van der Waals surface area contributed by atoms with Crippen molar-refractivity contribution in [3.63, 3.8) is 0 Å². The molecule has 2 unspecified atom stereocenters. The fourth-order valence-corrected chi connectivity index (χ4v) is 2.48.